The first-order valence-corrected chi connectivity index (χ1v) is 3.59. The summed E-state index contributed by atoms with van der Waals surface area (Å²) < 4.78 is 0. The molecule has 0 atom stereocenters. The van der Waals surface area contributed by atoms with Gasteiger partial charge in [0.1, 0.15) is 0 Å². The molecule has 0 unspecified atom stereocenters. The van der Waals surface area contributed by atoms with Crippen LogP contribution in [-0.2, 0) is 45.6 Å². The fourth-order valence-corrected chi connectivity index (χ4v) is 1.51. The van der Waals surface area contributed by atoms with E-state index in [1.807, 2.05) is 0 Å². The third-order valence-corrected chi connectivity index (χ3v) is 2.03. The Morgan fingerprint density at radius 3 is 2.91 bits per heavy atom. The summed E-state index contributed by atoms with van der Waals surface area (Å²) in [7, 11) is 0. The minimum atomic E-state index is 0. The smallest absolute Gasteiger partial charge is 0.0116 e. The average molecular weight is 222 g/mol. The van der Waals surface area contributed by atoms with Crippen molar-refractivity contribution in [3.8, 4) is 5.75 Å². The topological polar surface area (TPSA) is 20.2 Å². The SMILES string of the molecule is Oc1cc[c-]c2c1CCC2.[Y]. The van der Waals surface area contributed by atoms with Gasteiger partial charge in [-0.3, -0.25) is 0 Å². The molecule has 1 aliphatic rings. The molecule has 0 saturated carbocycles. The molecule has 1 nitrogen and oxygen atoms in total. The maximum Gasteiger partial charge on any atom is 0.0116 e. The Morgan fingerprint density at radius 1 is 1.36 bits per heavy atom. The molecule has 0 fully saturated rings. The molecule has 1 N–H and O–H groups in total. The number of fused-ring (bicyclic) bond motifs is 1. The summed E-state index contributed by atoms with van der Waals surface area (Å²) in [4.78, 5) is 0. The monoisotopic (exact) mass is 222 g/mol. The number of phenolic OH excluding ortho intramolecular Hbond substituents is 1. The molecule has 0 saturated heterocycles. The summed E-state index contributed by atoms with van der Waals surface area (Å²) in [6, 6.07) is 6.63. The van der Waals surface area contributed by atoms with Gasteiger partial charge in [0.15, 0.2) is 0 Å². The quantitative estimate of drug-likeness (QED) is 0.662. The fraction of sp³-hybridized carbons (Fsp3) is 0.333. The van der Waals surface area contributed by atoms with E-state index in [9.17, 15) is 5.11 Å². The van der Waals surface area contributed by atoms with Crippen molar-refractivity contribution in [3.63, 3.8) is 0 Å². The first-order chi connectivity index (χ1) is 4.88. The van der Waals surface area contributed by atoms with E-state index in [0.717, 1.165) is 18.4 Å². The van der Waals surface area contributed by atoms with Crippen LogP contribution in [0.4, 0.5) is 0 Å². The van der Waals surface area contributed by atoms with Gasteiger partial charge < -0.3 is 5.11 Å². The second-order valence-electron chi connectivity index (χ2n) is 2.67. The van der Waals surface area contributed by atoms with Gasteiger partial charge in [0.05, 0.1) is 0 Å². The Balaban J connectivity index is 0.000000605. The molecular weight excluding hydrogens is 213 g/mol. The number of rotatable bonds is 0. The van der Waals surface area contributed by atoms with Gasteiger partial charge >= 0.3 is 0 Å². The van der Waals surface area contributed by atoms with Gasteiger partial charge in [-0.15, -0.1) is 11.6 Å². The first-order valence-electron chi connectivity index (χ1n) is 3.59. The van der Waals surface area contributed by atoms with E-state index in [-0.39, 0.29) is 32.7 Å². The van der Waals surface area contributed by atoms with Crippen LogP contribution in [0.3, 0.4) is 0 Å². The largest absolute Gasteiger partial charge is 0.533 e. The maximum absolute atomic E-state index is 9.31. The zero-order valence-electron chi connectivity index (χ0n) is 6.30. The number of hydrogen-bond acceptors (Lipinski definition) is 1. The van der Waals surface area contributed by atoms with Crippen molar-refractivity contribution < 1.29 is 37.8 Å². The van der Waals surface area contributed by atoms with Crippen molar-refractivity contribution in [1.82, 2.24) is 0 Å². The van der Waals surface area contributed by atoms with Gasteiger partial charge in [-0.1, -0.05) is 19.3 Å². The molecule has 0 spiro atoms. The van der Waals surface area contributed by atoms with Crippen LogP contribution >= 0.6 is 0 Å². The van der Waals surface area contributed by atoms with Gasteiger partial charge in [-0.05, 0) is 0 Å². The number of aromatic hydroxyl groups is 1. The molecule has 11 heavy (non-hydrogen) atoms. The molecule has 1 aromatic carbocycles. The first kappa shape index (κ1) is 9.21. The average Bonchev–Trinajstić information content (AvgIpc) is 2.36. The van der Waals surface area contributed by atoms with Crippen molar-refractivity contribution in [2.24, 2.45) is 0 Å². The van der Waals surface area contributed by atoms with E-state index in [1.165, 1.54) is 12.0 Å². The van der Waals surface area contributed by atoms with E-state index in [2.05, 4.69) is 6.07 Å². The molecule has 1 aromatic rings. The third kappa shape index (κ3) is 1.65. The van der Waals surface area contributed by atoms with E-state index < -0.39 is 0 Å². The van der Waals surface area contributed by atoms with Gasteiger partial charge in [-0.2, -0.15) is 17.7 Å². The number of phenols is 1. The summed E-state index contributed by atoms with van der Waals surface area (Å²) in [6.07, 6.45) is 3.28. The molecular formula is C9H9OY-. The zero-order valence-corrected chi connectivity index (χ0v) is 9.14. The fourth-order valence-electron chi connectivity index (χ4n) is 1.51. The number of aryl methyl sites for hydroxylation is 1. The summed E-state index contributed by atoms with van der Waals surface area (Å²) in [6.45, 7) is 0. The minimum absolute atomic E-state index is 0. The molecule has 0 heterocycles. The molecule has 1 radical (unpaired) electrons. The standard InChI is InChI=1S/C9H9O.Y/c10-9-6-2-4-7-3-1-5-8(7)9;/h2,6,10H,1,3,5H2;/q-1;. The van der Waals surface area contributed by atoms with E-state index >= 15 is 0 Å². The minimum Gasteiger partial charge on any atom is -0.533 e. The van der Waals surface area contributed by atoms with Crippen LogP contribution in [0.25, 0.3) is 0 Å². The summed E-state index contributed by atoms with van der Waals surface area (Å²) in [5.74, 6) is 0.450. The van der Waals surface area contributed by atoms with Crippen molar-refractivity contribution >= 4 is 0 Å². The molecule has 1 aliphatic carbocycles. The van der Waals surface area contributed by atoms with Crippen molar-refractivity contribution in [3.05, 3.63) is 29.3 Å². The van der Waals surface area contributed by atoms with Gasteiger partial charge in [0, 0.05) is 38.5 Å². The van der Waals surface area contributed by atoms with Crippen LogP contribution in [-0.4, -0.2) is 5.11 Å². The van der Waals surface area contributed by atoms with Crippen LogP contribution < -0.4 is 0 Å². The zero-order chi connectivity index (χ0) is 6.97. The predicted molar refractivity (Wildman–Crippen MR) is 39.0 cm³/mol. The Kier molecular flexibility index (Phi) is 3.09. The second-order valence-corrected chi connectivity index (χ2v) is 2.67. The van der Waals surface area contributed by atoms with Gasteiger partial charge in [0.25, 0.3) is 0 Å². The Labute approximate surface area is 91.7 Å². The normalized spacial score (nSPS) is 13.8. The van der Waals surface area contributed by atoms with Gasteiger partial charge in [-0.25, -0.2) is 0 Å². The van der Waals surface area contributed by atoms with Crippen LogP contribution in [0.2, 0.25) is 0 Å². The third-order valence-electron chi connectivity index (χ3n) is 2.03. The number of benzene rings is 1. The molecule has 0 bridgehead atoms. The maximum atomic E-state index is 9.31. The summed E-state index contributed by atoms with van der Waals surface area (Å²) >= 11 is 0. The van der Waals surface area contributed by atoms with Crippen LogP contribution in [0.1, 0.15) is 17.5 Å². The summed E-state index contributed by atoms with van der Waals surface area (Å²) in [5, 5.41) is 9.31. The molecule has 0 aliphatic heterocycles. The number of hydrogen-bond donors (Lipinski definition) is 1. The van der Waals surface area contributed by atoms with Crippen LogP contribution in [0.15, 0.2) is 12.1 Å². The molecule has 55 valence electrons. The molecule has 0 amide bonds. The molecule has 0 aromatic heterocycles. The second kappa shape index (κ2) is 3.68. The van der Waals surface area contributed by atoms with Crippen molar-refractivity contribution in [2.45, 2.75) is 19.3 Å². The van der Waals surface area contributed by atoms with Crippen molar-refractivity contribution in [2.75, 3.05) is 0 Å². The van der Waals surface area contributed by atoms with Crippen LogP contribution in [0, 0.1) is 6.07 Å². The molecule has 2 heteroatoms. The predicted octanol–water partition coefficient (Wildman–Crippen LogP) is 1.68. The van der Waals surface area contributed by atoms with Crippen molar-refractivity contribution in [1.29, 1.82) is 0 Å². The van der Waals surface area contributed by atoms with E-state index in [0.29, 0.717) is 5.75 Å². The van der Waals surface area contributed by atoms with Crippen LogP contribution in [0.5, 0.6) is 5.75 Å². The van der Waals surface area contributed by atoms with E-state index in [4.69, 9.17) is 0 Å². The van der Waals surface area contributed by atoms with Gasteiger partial charge in [0.2, 0.25) is 0 Å². The van der Waals surface area contributed by atoms with E-state index in [1.54, 1.807) is 12.1 Å². The Hall–Kier alpha value is 0.124. The Bertz CT molecular complexity index is 258. The molecule has 2 rings (SSSR count). The summed E-state index contributed by atoms with van der Waals surface area (Å²) in [5.41, 5.74) is 2.32. The Morgan fingerprint density at radius 2 is 2.18 bits per heavy atom.